The van der Waals surface area contributed by atoms with Crippen molar-refractivity contribution in [1.29, 1.82) is 0 Å². The van der Waals surface area contributed by atoms with Gasteiger partial charge >= 0.3 is 12.1 Å². The molecule has 0 aromatic rings. The third kappa shape index (κ3) is 3.91. The summed E-state index contributed by atoms with van der Waals surface area (Å²) < 4.78 is 0. The lowest BCUT2D eigenvalue weighted by Gasteiger charge is -2.47. The molecule has 0 bridgehead atoms. The second-order valence-corrected chi connectivity index (χ2v) is 8.23. The molecular formula is C17H28N4O6. The number of carbonyl (C=O) groups is 4. The van der Waals surface area contributed by atoms with Crippen molar-refractivity contribution in [3.05, 3.63) is 0 Å². The van der Waals surface area contributed by atoms with Gasteiger partial charge in [-0.25, -0.2) is 9.59 Å². The van der Waals surface area contributed by atoms with Gasteiger partial charge in [-0.2, -0.15) is 0 Å². The van der Waals surface area contributed by atoms with Crippen LogP contribution in [0.4, 0.5) is 9.59 Å². The predicted molar refractivity (Wildman–Crippen MR) is 94.2 cm³/mol. The van der Waals surface area contributed by atoms with Gasteiger partial charge < -0.3 is 20.0 Å². The Bertz CT molecular complexity index is 593. The van der Waals surface area contributed by atoms with Gasteiger partial charge in [0.25, 0.3) is 0 Å². The van der Waals surface area contributed by atoms with Gasteiger partial charge in [0, 0.05) is 13.1 Å². The molecule has 0 spiro atoms. The average molecular weight is 384 g/mol. The third-order valence-electron chi connectivity index (χ3n) is 4.81. The summed E-state index contributed by atoms with van der Waals surface area (Å²) >= 11 is 0. The molecule has 2 heterocycles. The van der Waals surface area contributed by atoms with E-state index in [1.54, 1.807) is 27.7 Å². The lowest BCUT2D eigenvalue weighted by atomic mass is 9.88. The zero-order chi connectivity index (χ0) is 20.6. The molecule has 2 aliphatic heterocycles. The van der Waals surface area contributed by atoms with Crippen LogP contribution in [0.2, 0.25) is 0 Å². The molecule has 0 aliphatic carbocycles. The molecule has 6 amide bonds. The van der Waals surface area contributed by atoms with Crippen molar-refractivity contribution in [2.75, 3.05) is 46.1 Å². The highest BCUT2D eigenvalue weighted by Crippen LogP contribution is 2.30. The number of aliphatic hydroxyl groups excluding tert-OH is 2. The Labute approximate surface area is 158 Å². The quantitative estimate of drug-likeness (QED) is 0.637. The van der Waals surface area contributed by atoms with E-state index in [4.69, 9.17) is 10.2 Å². The molecule has 0 aromatic heterocycles. The molecule has 0 aromatic carbocycles. The number of nitrogens with zero attached hydrogens (tertiary/aromatic N) is 4. The zero-order valence-corrected chi connectivity index (χ0v) is 16.3. The summed E-state index contributed by atoms with van der Waals surface area (Å²) in [6.07, 6.45) is 0. The fraction of sp³-hybridized carbons (Fsp3) is 0.765. The number of amides is 6. The van der Waals surface area contributed by atoms with Crippen molar-refractivity contribution in [2.24, 2.45) is 10.8 Å². The number of carbonyl (C=O) groups excluding carboxylic acids is 4. The molecule has 2 saturated heterocycles. The Morgan fingerprint density at radius 2 is 1.07 bits per heavy atom. The summed E-state index contributed by atoms with van der Waals surface area (Å²) in [6.45, 7) is 5.99. The topological polar surface area (TPSA) is 122 Å². The molecule has 0 radical (unpaired) electrons. The van der Waals surface area contributed by atoms with Crippen molar-refractivity contribution < 1.29 is 29.4 Å². The Kier molecular flexibility index (Phi) is 5.81. The lowest BCUT2D eigenvalue weighted by molar-refractivity contribution is -0.144. The number of aliphatic hydroxyl groups is 2. The molecule has 0 unspecified atom stereocenters. The van der Waals surface area contributed by atoms with Crippen LogP contribution in [0.15, 0.2) is 0 Å². The van der Waals surface area contributed by atoms with E-state index in [0.717, 1.165) is 9.80 Å². The Balaban J connectivity index is 2.25. The van der Waals surface area contributed by atoms with E-state index in [1.165, 1.54) is 9.80 Å². The van der Waals surface area contributed by atoms with Gasteiger partial charge in [-0.3, -0.25) is 19.4 Å². The minimum Gasteiger partial charge on any atom is -0.395 e. The van der Waals surface area contributed by atoms with Gasteiger partial charge in [-0.1, -0.05) is 0 Å². The second kappa shape index (κ2) is 7.43. The van der Waals surface area contributed by atoms with Crippen molar-refractivity contribution in [2.45, 2.75) is 27.7 Å². The molecule has 10 nitrogen and oxygen atoms in total. The highest BCUT2D eigenvalue weighted by Gasteiger charge is 2.48. The summed E-state index contributed by atoms with van der Waals surface area (Å²) in [7, 11) is 0. The third-order valence-corrected chi connectivity index (χ3v) is 4.81. The summed E-state index contributed by atoms with van der Waals surface area (Å²) in [6, 6.07) is -1.16. The molecule has 2 N–H and O–H groups in total. The van der Waals surface area contributed by atoms with Gasteiger partial charge in [0.05, 0.1) is 43.8 Å². The van der Waals surface area contributed by atoms with Crippen LogP contribution in [0.5, 0.6) is 0 Å². The second-order valence-electron chi connectivity index (χ2n) is 8.23. The van der Waals surface area contributed by atoms with Gasteiger partial charge in [0.2, 0.25) is 11.8 Å². The maximum absolute atomic E-state index is 12.7. The molecule has 2 fully saturated rings. The van der Waals surface area contributed by atoms with Crippen molar-refractivity contribution >= 4 is 23.9 Å². The lowest BCUT2D eigenvalue weighted by Crippen LogP contribution is -2.66. The van der Waals surface area contributed by atoms with Gasteiger partial charge in [0.1, 0.15) is 0 Å². The number of urea groups is 2. The molecule has 0 saturated carbocycles. The standard InChI is InChI=1S/C17H28N4O6/c1-16(2)9-18(14(26)20(5-7-22)12(16)24)11-19-10-17(3,4)13(25)21(6-8-23)15(19)27/h22-23H,5-11H2,1-4H3. The molecule has 27 heavy (non-hydrogen) atoms. The largest absolute Gasteiger partial charge is 0.395 e. The van der Waals surface area contributed by atoms with E-state index in [0.29, 0.717) is 0 Å². The van der Waals surface area contributed by atoms with Crippen LogP contribution in [0, 0.1) is 10.8 Å². The van der Waals surface area contributed by atoms with Crippen molar-refractivity contribution in [1.82, 2.24) is 19.6 Å². The highest BCUT2D eigenvalue weighted by molar-refractivity contribution is 6.01. The maximum atomic E-state index is 12.7. The van der Waals surface area contributed by atoms with E-state index >= 15 is 0 Å². The molecule has 2 aliphatic rings. The van der Waals surface area contributed by atoms with Crippen LogP contribution < -0.4 is 0 Å². The number of hydrogen-bond donors (Lipinski definition) is 2. The van der Waals surface area contributed by atoms with Crippen LogP contribution in [-0.2, 0) is 9.59 Å². The normalized spacial score (nSPS) is 22.7. The molecular weight excluding hydrogens is 356 g/mol. The summed E-state index contributed by atoms with van der Waals surface area (Å²) in [5.74, 6) is -0.750. The van der Waals surface area contributed by atoms with Crippen LogP contribution in [0.1, 0.15) is 27.7 Å². The first-order chi connectivity index (χ1) is 12.5. The van der Waals surface area contributed by atoms with Crippen molar-refractivity contribution in [3.63, 3.8) is 0 Å². The highest BCUT2D eigenvalue weighted by atomic mass is 16.3. The number of rotatable bonds is 6. The van der Waals surface area contributed by atoms with Gasteiger partial charge in [-0.15, -0.1) is 0 Å². The van der Waals surface area contributed by atoms with Crippen LogP contribution in [0.3, 0.4) is 0 Å². The van der Waals surface area contributed by atoms with Crippen LogP contribution >= 0.6 is 0 Å². The minimum absolute atomic E-state index is 0.0883. The van der Waals surface area contributed by atoms with Gasteiger partial charge in [0.15, 0.2) is 0 Å². The monoisotopic (exact) mass is 384 g/mol. The first-order valence-corrected chi connectivity index (χ1v) is 8.90. The Morgan fingerprint density at radius 3 is 1.37 bits per heavy atom. The summed E-state index contributed by atoms with van der Waals surface area (Å²) in [5.41, 5.74) is -1.73. The Morgan fingerprint density at radius 1 is 0.741 bits per heavy atom. The fourth-order valence-corrected chi connectivity index (χ4v) is 3.49. The van der Waals surface area contributed by atoms with E-state index in [-0.39, 0.29) is 57.9 Å². The maximum Gasteiger partial charge on any atom is 0.328 e. The van der Waals surface area contributed by atoms with Gasteiger partial charge in [-0.05, 0) is 27.7 Å². The van der Waals surface area contributed by atoms with Crippen LogP contribution in [-0.4, -0.2) is 99.8 Å². The SMILES string of the molecule is CC1(C)CN(CN2CC(C)(C)C(=O)N(CCO)C2=O)C(=O)N(CCO)C1=O. The smallest absolute Gasteiger partial charge is 0.328 e. The van der Waals surface area contributed by atoms with Crippen LogP contribution in [0.25, 0.3) is 0 Å². The zero-order valence-electron chi connectivity index (χ0n) is 16.3. The number of β-amino-alcohol motifs (C(OH)–C–C–N with tert-alkyl or cyclic N) is 2. The summed E-state index contributed by atoms with van der Waals surface area (Å²) in [5, 5.41) is 18.3. The number of hydrogen-bond acceptors (Lipinski definition) is 6. The van der Waals surface area contributed by atoms with E-state index in [9.17, 15) is 19.2 Å². The first kappa shape index (κ1) is 21.1. The van der Waals surface area contributed by atoms with Crippen molar-refractivity contribution in [3.8, 4) is 0 Å². The fourth-order valence-electron chi connectivity index (χ4n) is 3.49. The van der Waals surface area contributed by atoms with E-state index < -0.39 is 22.9 Å². The molecule has 10 heteroatoms. The minimum atomic E-state index is -0.863. The Hall–Kier alpha value is -2.20. The molecule has 152 valence electrons. The summed E-state index contributed by atoms with van der Waals surface area (Å²) in [4.78, 5) is 55.0. The molecule has 2 rings (SSSR count). The van der Waals surface area contributed by atoms with E-state index in [2.05, 4.69) is 0 Å². The predicted octanol–water partition coefficient (Wildman–Crippen LogP) is -0.491. The average Bonchev–Trinajstić information content (AvgIpc) is 2.58. The van der Waals surface area contributed by atoms with E-state index in [1.807, 2.05) is 0 Å². The first-order valence-electron chi connectivity index (χ1n) is 8.90. The number of imide groups is 2. The molecule has 0 atom stereocenters.